The van der Waals surface area contributed by atoms with Gasteiger partial charge in [0.15, 0.2) is 0 Å². The van der Waals surface area contributed by atoms with Crippen molar-refractivity contribution in [2.75, 3.05) is 20.3 Å². The van der Waals surface area contributed by atoms with E-state index in [0.717, 1.165) is 6.42 Å². The number of amides is 2. The predicted molar refractivity (Wildman–Crippen MR) is 116 cm³/mol. The van der Waals surface area contributed by atoms with E-state index < -0.39 is 36.5 Å². The number of carboxylic acids is 1. The topological polar surface area (TPSA) is 121 Å². The van der Waals surface area contributed by atoms with Crippen molar-refractivity contribution >= 4 is 12.0 Å². The Kier molecular flexibility index (Phi) is 5.92. The normalized spacial score (nSPS) is 23.5. The minimum atomic E-state index is -1.10. The molecule has 2 bridgehead atoms. The zero-order chi connectivity index (χ0) is 23.0. The van der Waals surface area contributed by atoms with Gasteiger partial charge in [-0.3, -0.25) is 9.59 Å². The number of carbonyl (C=O) groups is 2. The van der Waals surface area contributed by atoms with Gasteiger partial charge < -0.3 is 29.7 Å². The highest BCUT2D eigenvalue weighted by Crippen LogP contribution is 2.48. The summed E-state index contributed by atoms with van der Waals surface area (Å²) in [5.41, 5.74) is 1.25. The third-order valence-electron chi connectivity index (χ3n) is 6.49. The molecule has 170 valence electrons. The lowest BCUT2D eigenvalue weighted by molar-refractivity contribution is -0.144. The number of ether oxygens (including phenoxy) is 1. The number of fused-ring (bicyclic) bond motifs is 4. The summed E-state index contributed by atoms with van der Waals surface area (Å²) in [6.45, 7) is 2.10. The van der Waals surface area contributed by atoms with E-state index in [1.54, 1.807) is 28.8 Å². The van der Waals surface area contributed by atoms with Gasteiger partial charge in [-0.2, -0.15) is 0 Å². The van der Waals surface area contributed by atoms with E-state index in [9.17, 15) is 24.6 Å². The number of nitrogens with one attached hydrogen (secondary N) is 1. The molecule has 0 spiro atoms. The van der Waals surface area contributed by atoms with Gasteiger partial charge in [0.25, 0.3) is 5.56 Å². The van der Waals surface area contributed by atoms with Gasteiger partial charge in [-0.25, -0.2) is 4.79 Å². The molecule has 1 aromatic carbocycles. The number of aliphatic hydroxyl groups is 1. The Morgan fingerprint density at radius 2 is 1.94 bits per heavy atom. The second-order valence-corrected chi connectivity index (χ2v) is 8.15. The fourth-order valence-electron chi connectivity index (χ4n) is 5.06. The largest absolute Gasteiger partial charge is 0.496 e. The van der Waals surface area contributed by atoms with Crippen molar-refractivity contribution in [3.63, 3.8) is 0 Å². The summed E-state index contributed by atoms with van der Waals surface area (Å²) in [7, 11) is 1.53. The number of carboxylic acid groups (broad SMARTS) is 1. The highest BCUT2D eigenvalue weighted by atomic mass is 16.5. The molecule has 3 heterocycles. The number of nitrogens with zero attached hydrogens (tertiary/aromatic N) is 2. The van der Waals surface area contributed by atoms with Gasteiger partial charge in [0.1, 0.15) is 5.75 Å². The molecule has 0 radical (unpaired) electrons. The van der Waals surface area contributed by atoms with Crippen molar-refractivity contribution in [1.82, 2.24) is 14.8 Å². The van der Waals surface area contributed by atoms with Crippen LogP contribution in [0, 0.1) is 11.8 Å². The van der Waals surface area contributed by atoms with Crippen LogP contribution in [0.3, 0.4) is 0 Å². The Morgan fingerprint density at radius 1 is 1.19 bits per heavy atom. The molecule has 1 aromatic heterocycles. The second kappa shape index (κ2) is 8.66. The minimum absolute atomic E-state index is 0.113. The van der Waals surface area contributed by atoms with E-state index in [1.165, 1.54) is 12.0 Å². The second-order valence-electron chi connectivity index (χ2n) is 8.15. The molecule has 1 fully saturated rings. The number of para-hydroxylation sites is 1. The summed E-state index contributed by atoms with van der Waals surface area (Å²) < 4.78 is 6.95. The zero-order valence-corrected chi connectivity index (χ0v) is 18.0. The van der Waals surface area contributed by atoms with Crippen molar-refractivity contribution in [2.45, 2.75) is 32.0 Å². The third-order valence-corrected chi connectivity index (χ3v) is 6.49. The Hall–Kier alpha value is -3.33. The number of urea groups is 1. The molecule has 9 nitrogen and oxygen atoms in total. The number of aromatic nitrogens is 1. The number of rotatable bonds is 6. The lowest BCUT2D eigenvalue weighted by Gasteiger charge is -2.38. The zero-order valence-electron chi connectivity index (χ0n) is 18.0. The van der Waals surface area contributed by atoms with E-state index in [0.29, 0.717) is 29.1 Å². The Balaban J connectivity index is 1.86. The molecule has 2 aliphatic heterocycles. The van der Waals surface area contributed by atoms with Gasteiger partial charge >= 0.3 is 12.0 Å². The van der Waals surface area contributed by atoms with Gasteiger partial charge in [-0.15, -0.1) is 0 Å². The van der Waals surface area contributed by atoms with Crippen molar-refractivity contribution in [1.29, 1.82) is 0 Å². The molecule has 2 aromatic rings. The number of hydrogen-bond donors (Lipinski definition) is 3. The standard InChI is InChI=1S/C23H27N3O6/c1-3-10-24-23(31)26-17-11-25-16(20(26)19(22(29)30)15(17)12-27)9-8-14(21(25)28)13-6-4-5-7-18(13)32-2/h4-9,15,17,19-20,27H,3,10-12H2,1-2H3,(H,24,31)(H,29,30)/t15-,17-,19+,20+/m0/s1. The van der Waals surface area contributed by atoms with E-state index in [4.69, 9.17) is 4.74 Å². The van der Waals surface area contributed by atoms with Crippen molar-refractivity contribution in [2.24, 2.45) is 11.8 Å². The van der Waals surface area contributed by atoms with Crippen LogP contribution in [0.15, 0.2) is 41.2 Å². The maximum Gasteiger partial charge on any atom is 0.318 e. The Morgan fingerprint density at radius 3 is 2.59 bits per heavy atom. The van der Waals surface area contributed by atoms with Gasteiger partial charge in [-0.05, 0) is 24.6 Å². The third kappa shape index (κ3) is 3.33. The summed E-state index contributed by atoms with van der Waals surface area (Å²) >= 11 is 0. The quantitative estimate of drug-likeness (QED) is 0.627. The van der Waals surface area contributed by atoms with Crippen LogP contribution in [-0.2, 0) is 11.3 Å². The molecule has 32 heavy (non-hydrogen) atoms. The van der Waals surface area contributed by atoms with Gasteiger partial charge in [-0.1, -0.05) is 25.1 Å². The van der Waals surface area contributed by atoms with Crippen LogP contribution in [-0.4, -0.2) is 58.0 Å². The first-order chi connectivity index (χ1) is 15.4. The fourth-order valence-corrected chi connectivity index (χ4v) is 5.06. The molecule has 4 atom stereocenters. The lowest BCUT2D eigenvalue weighted by atomic mass is 9.87. The average Bonchev–Trinajstić information content (AvgIpc) is 3.05. The summed E-state index contributed by atoms with van der Waals surface area (Å²) in [6.07, 6.45) is 0.735. The van der Waals surface area contributed by atoms with Crippen LogP contribution in [0.25, 0.3) is 11.1 Å². The molecule has 1 saturated heterocycles. The van der Waals surface area contributed by atoms with Crippen molar-refractivity contribution in [3.05, 3.63) is 52.4 Å². The number of pyridine rings is 1. The lowest BCUT2D eigenvalue weighted by Crippen LogP contribution is -2.52. The first-order valence-corrected chi connectivity index (χ1v) is 10.7. The smallest absolute Gasteiger partial charge is 0.318 e. The van der Waals surface area contributed by atoms with Crippen molar-refractivity contribution in [3.8, 4) is 16.9 Å². The van der Waals surface area contributed by atoms with Crippen molar-refractivity contribution < 1.29 is 24.5 Å². The maximum atomic E-state index is 13.5. The summed E-state index contributed by atoms with van der Waals surface area (Å²) in [4.78, 5) is 40.1. The number of carbonyl (C=O) groups excluding carboxylic acids is 1. The van der Waals surface area contributed by atoms with Crippen LogP contribution in [0.2, 0.25) is 0 Å². The van der Waals surface area contributed by atoms with Crippen LogP contribution in [0.4, 0.5) is 4.79 Å². The number of aliphatic hydroxyl groups excluding tert-OH is 1. The Bertz CT molecular complexity index is 1100. The molecule has 0 saturated carbocycles. The fraction of sp³-hybridized carbons (Fsp3) is 0.435. The van der Waals surface area contributed by atoms with Crippen LogP contribution in [0.5, 0.6) is 5.75 Å². The predicted octanol–water partition coefficient (Wildman–Crippen LogP) is 1.69. The molecule has 0 unspecified atom stereocenters. The SMILES string of the molecule is CCCNC(=O)N1[C@@H]2c3ccc(-c4ccccc4OC)c(=O)n3C[C@H]1[C@H](CO)[C@H]2C(=O)O. The molecule has 2 aliphatic rings. The summed E-state index contributed by atoms with van der Waals surface area (Å²) in [5, 5.41) is 22.8. The minimum Gasteiger partial charge on any atom is -0.496 e. The highest BCUT2D eigenvalue weighted by Gasteiger charge is 2.57. The highest BCUT2D eigenvalue weighted by molar-refractivity contribution is 5.80. The molecule has 0 aliphatic carbocycles. The molecule has 4 rings (SSSR count). The van der Waals surface area contributed by atoms with Crippen LogP contribution in [0.1, 0.15) is 25.1 Å². The van der Waals surface area contributed by atoms with E-state index in [-0.39, 0.29) is 18.1 Å². The van der Waals surface area contributed by atoms with E-state index in [1.807, 2.05) is 19.1 Å². The monoisotopic (exact) mass is 441 g/mol. The first kappa shape index (κ1) is 21.9. The molecule has 2 amide bonds. The van der Waals surface area contributed by atoms with E-state index >= 15 is 0 Å². The number of benzene rings is 1. The van der Waals surface area contributed by atoms with E-state index in [2.05, 4.69) is 5.32 Å². The Labute approximate surface area is 185 Å². The van der Waals surface area contributed by atoms with Gasteiger partial charge in [0, 0.05) is 36.9 Å². The summed E-state index contributed by atoms with van der Waals surface area (Å²) in [5.74, 6) is -2.23. The number of hydrogen-bond acceptors (Lipinski definition) is 5. The first-order valence-electron chi connectivity index (χ1n) is 10.7. The number of aliphatic carboxylic acids is 1. The van der Waals surface area contributed by atoms with Crippen LogP contribution >= 0.6 is 0 Å². The molecular weight excluding hydrogens is 414 g/mol. The summed E-state index contributed by atoms with van der Waals surface area (Å²) in [6, 6.07) is 8.71. The maximum absolute atomic E-state index is 13.5. The average molecular weight is 441 g/mol. The van der Waals surface area contributed by atoms with Gasteiger partial charge in [0.2, 0.25) is 0 Å². The van der Waals surface area contributed by atoms with Crippen LogP contribution < -0.4 is 15.6 Å². The molecule has 3 N–H and O–H groups in total. The number of methoxy groups -OCH3 is 1. The van der Waals surface area contributed by atoms with Gasteiger partial charge in [0.05, 0.1) is 30.7 Å². The molecular formula is C23H27N3O6. The molecule has 9 heteroatoms.